The number of likely N-dealkylation sites (tertiary alicyclic amines) is 1. The summed E-state index contributed by atoms with van der Waals surface area (Å²) in [4.78, 5) is 31.4. The molecular weight excluding hydrogens is 328 g/mol. The van der Waals surface area contributed by atoms with E-state index < -0.39 is 6.04 Å². The van der Waals surface area contributed by atoms with Gasteiger partial charge in [-0.3, -0.25) is 14.5 Å². The number of likely N-dealkylation sites (N-methyl/N-ethyl adjacent to an activating group) is 1. The number of carbonyl (C=O) groups excluding carboxylic acids is 2. The quantitative estimate of drug-likeness (QED) is 0.859. The summed E-state index contributed by atoms with van der Waals surface area (Å²) in [6.45, 7) is 9.99. The Morgan fingerprint density at radius 1 is 1.12 bits per heavy atom. The molecule has 0 radical (unpaired) electrons. The second-order valence-corrected chi connectivity index (χ2v) is 7.72. The van der Waals surface area contributed by atoms with Crippen LogP contribution in [0.25, 0.3) is 0 Å². The molecule has 1 aromatic carbocycles. The number of piperazine rings is 1. The number of nitrogens with one attached hydrogen (secondary N) is 1. The largest absolute Gasteiger partial charge is 0.340 e. The molecule has 0 aromatic heterocycles. The van der Waals surface area contributed by atoms with Crippen LogP contribution >= 0.6 is 0 Å². The molecule has 0 saturated carbocycles. The van der Waals surface area contributed by atoms with E-state index in [1.54, 1.807) is 0 Å². The van der Waals surface area contributed by atoms with Crippen molar-refractivity contribution in [1.82, 2.24) is 20.0 Å². The maximum absolute atomic E-state index is 12.5. The molecule has 26 heavy (non-hydrogen) atoms. The molecule has 0 bridgehead atoms. The highest BCUT2D eigenvalue weighted by molar-refractivity contribution is 5.98. The number of hydrogen-bond donors (Lipinski definition) is 1. The summed E-state index contributed by atoms with van der Waals surface area (Å²) in [5.74, 6) is -0.139. The van der Waals surface area contributed by atoms with Gasteiger partial charge < -0.3 is 15.1 Å². The Labute approximate surface area is 156 Å². The van der Waals surface area contributed by atoms with Crippen LogP contribution in [0, 0.1) is 0 Å². The molecule has 0 aliphatic carbocycles. The second-order valence-electron chi connectivity index (χ2n) is 7.72. The molecule has 3 rings (SSSR count). The van der Waals surface area contributed by atoms with Gasteiger partial charge in [-0.2, -0.15) is 0 Å². The minimum absolute atomic E-state index is 0.0278. The fraction of sp³-hybridized carbons (Fsp3) is 0.600. The number of amides is 2. The lowest BCUT2D eigenvalue weighted by Gasteiger charge is -2.32. The van der Waals surface area contributed by atoms with Gasteiger partial charge in [-0.05, 0) is 45.0 Å². The minimum atomic E-state index is -0.394. The third kappa shape index (κ3) is 4.43. The summed E-state index contributed by atoms with van der Waals surface area (Å²) in [5.41, 5.74) is 1.83. The highest BCUT2D eigenvalue weighted by Crippen LogP contribution is 2.15. The summed E-state index contributed by atoms with van der Waals surface area (Å²) in [5, 5.41) is 2.89. The Bertz CT molecular complexity index is 636. The normalized spacial score (nSPS) is 22.2. The predicted molar refractivity (Wildman–Crippen MR) is 102 cm³/mol. The van der Waals surface area contributed by atoms with Crippen molar-refractivity contribution in [2.24, 2.45) is 0 Å². The first kappa shape index (κ1) is 18.9. The lowest BCUT2D eigenvalue weighted by Crippen LogP contribution is -2.44. The maximum Gasteiger partial charge on any atom is 0.251 e. The molecule has 0 spiro atoms. The van der Waals surface area contributed by atoms with Crippen molar-refractivity contribution >= 4 is 11.8 Å². The summed E-state index contributed by atoms with van der Waals surface area (Å²) < 4.78 is 0. The molecule has 1 aromatic rings. The van der Waals surface area contributed by atoms with E-state index in [1.807, 2.05) is 43.0 Å². The molecule has 6 heteroatoms. The van der Waals surface area contributed by atoms with Crippen molar-refractivity contribution in [2.75, 3.05) is 39.8 Å². The Balaban J connectivity index is 1.53. The van der Waals surface area contributed by atoms with Gasteiger partial charge in [0.1, 0.15) is 6.04 Å². The van der Waals surface area contributed by atoms with Crippen LogP contribution < -0.4 is 5.32 Å². The lowest BCUT2D eigenvalue weighted by atomic mass is 10.1. The van der Waals surface area contributed by atoms with Crippen LogP contribution in [0.15, 0.2) is 24.3 Å². The van der Waals surface area contributed by atoms with Crippen molar-refractivity contribution in [3.05, 3.63) is 35.4 Å². The number of hydrogen-bond acceptors (Lipinski definition) is 4. The second kappa shape index (κ2) is 8.18. The van der Waals surface area contributed by atoms with Crippen LogP contribution in [-0.2, 0) is 11.3 Å². The van der Waals surface area contributed by atoms with Gasteiger partial charge in [0.05, 0.1) is 0 Å². The summed E-state index contributed by atoms with van der Waals surface area (Å²) in [7, 11) is 2.15. The zero-order valence-electron chi connectivity index (χ0n) is 16.1. The van der Waals surface area contributed by atoms with E-state index in [1.165, 1.54) is 5.56 Å². The van der Waals surface area contributed by atoms with Crippen molar-refractivity contribution in [2.45, 2.75) is 38.9 Å². The molecule has 2 fully saturated rings. The SMILES string of the molecule is CC(C)N1CCC(NC(=O)c2ccc(CN3CCN(C)CC3)cc2)C1=O. The van der Waals surface area contributed by atoms with Gasteiger partial charge >= 0.3 is 0 Å². The van der Waals surface area contributed by atoms with Crippen molar-refractivity contribution in [3.63, 3.8) is 0 Å². The Morgan fingerprint density at radius 3 is 2.35 bits per heavy atom. The standard InChI is InChI=1S/C20H30N4O2/c1-15(2)24-9-8-18(20(24)26)21-19(25)17-6-4-16(5-7-17)14-23-12-10-22(3)11-13-23/h4-7,15,18H,8-14H2,1-3H3,(H,21,25). The van der Waals surface area contributed by atoms with Crippen LogP contribution in [0.4, 0.5) is 0 Å². The summed E-state index contributed by atoms with van der Waals surface area (Å²) >= 11 is 0. The fourth-order valence-corrected chi connectivity index (χ4v) is 3.62. The van der Waals surface area contributed by atoms with Crippen LogP contribution in [0.3, 0.4) is 0 Å². The molecule has 2 saturated heterocycles. The molecule has 1 atom stereocenters. The van der Waals surface area contributed by atoms with Crippen LogP contribution in [0.2, 0.25) is 0 Å². The van der Waals surface area contributed by atoms with Gasteiger partial charge in [0.25, 0.3) is 5.91 Å². The van der Waals surface area contributed by atoms with Crippen molar-refractivity contribution in [1.29, 1.82) is 0 Å². The van der Waals surface area contributed by atoms with Gasteiger partial charge in [0, 0.05) is 50.9 Å². The number of carbonyl (C=O) groups is 2. The molecule has 2 aliphatic heterocycles. The molecule has 2 amide bonds. The third-order valence-electron chi connectivity index (χ3n) is 5.39. The molecule has 6 nitrogen and oxygen atoms in total. The third-order valence-corrected chi connectivity index (χ3v) is 5.39. The van der Waals surface area contributed by atoms with E-state index in [-0.39, 0.29) is 17.9 Å². The Kier molecular flexibility index (Phi) is 5.94. The zero-order chi connectivity index (χ0) is 18.7. The Hall–Kier alpha value is -1.92. The molecule has 2 heterocycles. The Morgan fingerprint density at radius 2 is 1.77 bits per heavy atom. The van der Waals surface area contributed by atoms with Crippen LogP contribution in [0.1, 0.15) is 36.2 Å². The van der Waals surface area contributed by atoms with Gasteiger partial charge in [-0.15, -0.1) is 0 Å². The van der Waals surface area contributed by atoms with Crippen LogP contribution in [-0.4, -0.2) is 78.4 Å². The van der Waals surface area contributed by atoms with Crippen LogP contribution in [0.5, 0.6) is 0 Å². The molecule has 1 N–H and O–H groups in total. The minimum Gasteiger partial charge on any atom is -0.340 e. The predicted octanol–water partition coefficient (Wildman–Crippen LogP) is 1.17. The molecule has 1 unspecified atom stereocenters. The first-order chi connectivity index (χ1) is 12.4. The van der Waals surface area contributed by atoms with Gasteiger partial charge in [0.2, 0.25) is 5.91 Å². The number of nitrogens with zero attached hydrogens (tertiary/aromatic N) is 3. The topological polar surface area (TPSA) is 55.9 Å². The van der Waals surface area contributed by atoms with E-state index in [0.29, 0.717) is 18.5 Å². The average Bonchev–Trinajstić information content (AvgIpc) is 2.98. The van der Waals surface area contributed by atoms with E-state index in [4.69, 9.17) is 0 Å². The van der Waals surface area contributed by atoms with Gasteiger partial charge in [-0.1, -0.05) is 12.1 Å². The van der Waals surface area contributed by atoms with Gasteiger partial charge in [0.15, 0.2) is 0 Å². The number of benzene rings is 1. The maximum atomic E-state index is 12.5. The number of rotatable bonds is 5. The fourth-order valence-electron chi connectivity index (χ4n) is 3.62. The van der Waals surface area contributed by atoms with Crippen molar-refractivity contribution in [3.8, 4) is 0 Å². The smallest absolute Gasteiger partial charge is 0.251 e. The summed E-state index contributed by atoms with van der Waals surface area (Å²) in [6, 6.07) is 7.54. The molecule has 2 aliphatic rings. The van der Waals surface area contributed by atoms with E-state index >= 15 is 0 Å². The monoisotopic (exact) mass is 358 g/mol. The zero-order valence-corrected chi connectivity index (χ0v) is 16.1. The first-order valence-electron chi connectivity index (χ1n) is 9.55. The van der Waals surface area contributed by atoms with Gasteiger partial charge in [-0.25, -0.2) is 0 Å². The molecular formula is C20H30N4O2. The lowest BCUT2D eigenvalue weighted by molar-refractivity contribution is -0.130. The highest BCUT2D eigenvalue weighted by Gasteiger charge is 2.34. The summed E-state index contributed by atoms with van der Waals surface area (Å²) in [6.07, 6.45) is 0.685. The van der Waals surface area contributed by atoms with E-state index in [9.17, 15) is 9.59 Å². The first-order valence-corrected chi connectivity index (χ1v) is 9.55. The van der Waals surface area contributed by atoms with Crippen molar-refractivity contribution < 1.29 is 9.59 Å². The van der Waals surface area contributed by atoms with E-state index in [2.05, 4.69) is 22.2 Å². The average molecular weight is 358 g/mol. The molecule has 142 valence electrons. The van der Waals surface area contributed by atoms with E-state index in [0.717, 1.165) is 32.7 Å². The highest BCUT2D eigenvalue weighted by atomic mass is 16.2.